The van der Waals surface area contributed by atoms with E-state index >= 15 is 0 Å². The third kappa shape index (κ3) is 1.62. The molecule has 0 N–H and O–H groups in total. The Morgan fingerprint density at radius 2 is 2.19 bits per heavy atom. The van der Waals surface area contributed by atoms with E-state index in [4.69, 9.17) is 4.74 Å². The fraction of sp³-hybridized carbons (Fsp3) is 0.500. The molecule has 0 bridgehead atoms. The van der Waals surface area contributed by atoms with E-state index < -0.39 is 0 Å². The molecule has 2 heteroatoms. The van der Waals surface area contributed by atoms with Crippen molar-refractivity contribution in [3.63, 3.8) is 0 Å². The molecule has 16 heavy (non-hydrogen) atoms. The molecule has 2 nitrogen and oxygen atoms in total. The second-order valence-electron chi connectivity index (χ2n) is 4.80. The lowest BCUT2D eigenvalue weighted by Gasteiger charge is -2.35. The number of hydrogen-bond donors (Lipinski definition) is 0. The molecular formula is C14H18O2. The van der Waals surface area contributed by atoms with E-state index in [1.165, 1.54) is 5.56 Å². The fourth-order valence-corrected chi connectivity index (χ4v) is 2.68. The molecule has 0 saturated heterocycles. The predicted molar refractivity (Wildman–Crippen MR) is 64.0 cm³/mol. The van der Waals surface area contributed by atoms with E-state index in [-0.39, 0.29) is 5.41 Å². The van der Waals surface area contributed by atoms with Crippen molar-refractivity contribution in [1.29, 1.82) is 0 Å². The molecule has 0 radical (unpaired) electrons. The summed E-state index contributed by atoms with van der Waals surface area (Å²) < 4.78 is 5.43. The van der Waals surface area contributed by atoms with Crippen molar-refractivity contribution < 1.29 is 9.53 Å². The van der Waals surface area contributed by atoms with Crippen LogP contribution >= 0.6 is 0 Å². The van der Waals surface area contributed by atoms with Gasteiger partial charge in [-0.05, 0) is 18.1 Å². The number of ether oxygens (including phenoxy) is 1. The van der Waals surface area contributed by atoms with Crippen LogP contribution in [0.5, 0.6) is 5.75 Å². The van der Waals surface area contributed by atoms with Gasteiger partial charge in [-0.15, -0.1) is 0 Å². The third-order valence-corrected chi connectivity index (χ3v) is 3.69. The first-order valence-corrected chi connectivity index (χ1v) is 5.79. The first-order valence-electron chi connectivity index (χ1n) is 5.79. The van der Waals surface area contributed by atoms with Crippen LogP contribution in [0, 0.1) is 0 Å². The van der Waals surface area contributed by atoms with Gasteiger partial charge in [-0.2, -0.15) is 0 Å². The van der Waals surface area contributed by atoms with Crippen LogP contribution in [-0.4, -0.2) is 12.9 Å². The minimum Gasteiger partial charge on any atom is -0.496 e. The number of Topliss-reactive ketones (excluding diaryl/α,β-unsaturated/α-hetero) is 1. The molecule has 1 aromatic rings. The van der Waals surface area contributed by atoms with E-state index in [1.807, 2.05) is 18.2 Å². The molecule has 0 fully saturated rings. The summed E-state index contributed by atoms with van der Waals surface area (Å²) in [5, 5.41) is 0. The van der Waals surface area contributed by atoms with Gasteiger partial charge in [0, 0.05) is 23.8 Å². The highest BCUT2D eigenvalue weighted by Crippen LogP contribution is 2.43. The molecule has 0 saturated carbocycles. The first-order chi connectivity index (χ1) is 7.60. The number of fused-ring (bicyclic) bond motifs is 1. The molecular weight excluding hydrogens is 200 g/mol. The van der Waals surface area contributed by atoms with Gasteiger partial charge in [0.05, 0.1) is 7.11 Å². The van der Waals surface area contributed by atoms with Gasteiger partial charge in [0.2, 0.25) is 0 Å². The van der Waals surface area contributed by atoms with Gasteiger partial charge in [0.15, 0.2) is 0 Å². The normalized spacial score (nSPS) is 24.1. The molecule has 1 aliphatic carbocycles. The van der Waals surface area contributed by atoms with Crippen LogP contribution in [0.4, 0.5) is 0 Å². The molecule has 86 valence electrons. The lowest BCUT2D eigenvalue weighted by Crippen LogP contribution is -2.32. The largest absolute Gasteiger partial charge is 0.496 e. The van der Waals surface area contributed by atoms with E-state index in [0.29, 0.717) is 18.6 Å². The Labute approximate surface area is 96.6 Å². The highest BCUT2D eigenvalue weighted by atomic mass is 16.5. The average Bonchev–Trinajstić information content (AvgIpc) is 2.27. The SMILES string of the molecule is CC[C@]1(C)CC(=O)Cc2cccc(OC)c21. The van der Waals surface area contributed by atoms with Crippen molar-refractivity contribution in [1.82, 2.24) is 0 Å². The molecule has 1 atom stereocenters. The standard InChI is InChI=1S/C14H18O2/c1-4-14(2)9-11(15)8-10-6-5-7-12(16-3)13(10)14/h5-7H,4,8-9H2,1-3H3/t14-/m1/s1. The number of benzene rings is 1. The zero-order valence-corrected chi connectivity index (χ0v) is 10.2. The van der Waals surface area contributed by atoms with Gasteiger partial charge in [0.25, 0.3) is 0 Å². The molecule has 1 aromatic carbocycles. The van der Waals surface area contributed by atoms with Crippen LogP contribution in [0.2, 0.25) is 0 Å². The Morgan fingerprint density at radius 3 is 2.81 bits per heavy atom. The number of rotatable bonds is 2. The van der Waals surface area contributed by atoms with Crippen molar-refractivity contribution in [3.05, 3.63) is 29.3 Å². The number of methoxy groups -OCH3 is 1. The predicted octanol–water partition coefficient (Wildman–Crippen LogP) is 2.88. The van der Waals surface area contributed by atoms with Crippen LogP contribution < -0.4 is 4.74 Å². The van der Waals surface area contributed by atoms with Crippen molar-refractivity contribution in [2.45, 2.75) is 38.5 Å². The van der Waals surface area contributed by atoms with Crippen LogP contribution in [-0.2, 0) is 16.6 Å². The van der Waals surface area contributed by atoms with Gasteiger partial charge in [0.1, 0.15) is 11.5 Å². The van der Waals surface area contributed by atoms with Crippen LogP contribution in [0.15, 0.2) is 18.2 Å². The quantitative estimate of drug-likeness (QED) is 0.763. The van der Waals surface area contributed by atoms with E-state index in [0.717, 1.165) is 17.7 Å². The van der Waals surface area contributed by atoms with Crippen molar-refractivity contribution in [2.75, 3.05) is 7.11 Å². The molecule has 0 aromatic heterocycles. The monoisotopic (exact) mass is 218 g/mol. The molecule has 1 aliphatic rings. The lowest BCUT2D eigenvalue weighted by atomic mass is 9.69. The van der Waals surface area contributed by atoms with Crippen molar-refractivity contribution in [3.8, 4) is 5.75 Å². The minimum atomic E-state index is -0.0583. The van der Waals surface area contributed by atoms with Gasteiger partial charge in [-0.3, -0.25) is 4.79 Å². The fourth-order valence-electron chi connectivity index (χ4n) is 2.68. The zero-order chi connectivity index (χ0) is 11.8. The van der Waals surface area contributed by atoms with Gasteiger partial charge in [-0.25, -0.2) is 0 Å². The summed E-state index contributed by atoms with van der Waals surface area (Å²) in [6.07, 6.45) is 2.16. The molecule has 2 rings (SSSR count). The van der Waals surface area contributed by atoms with Gasteiger partial charge < -0.3 is 4.74 Å². The lowest BCUT2D eigenvalue weighted by molar-refractivity contribution is -0.120. The average molecular weight is 218 g/mol. The smallest absolute Gasteiger partial charge is 0.138 e. The van der Waals surface area contributed by atoms with Crippen LogP contribution in [0.25, 0.3) is 0 Å². The maximum atomic E-state index is 11.8. The van der Waals surface area contributed by atoms with Crippen LogP contribution in [0.3, 0.4) is 0 Å². The maximum Gasteiger partial charge on any atom is 0.138 e. The number of carbonyl (C=O) groups excluding carboxylic acids is 1. The Hall–Kier alpha value is -1.31. The zero-order valence-electron chi connectivity index (χ0n) is 10.2. The molecule has 0 aliphatic heterocycles. The Morgan fingerprint density at radius 1 is 1.44 bits per heavy atom. The molecule has 0 spiro atoms. The molecule has 0 unspecified atom stereocenters. The maximum absolute atomic E-state index is 11.8. The molecule has 0 amide bonds. The number of carbonyl (C=O) groups is 1. The summed E-state index contributed by atoms with van der Waals surface area (Å²) >= 11 is 0. The Kier molecular flexibility index (Phi) is 2.75. The number of ketones is 1. The van der Waals surface area contributed by atoms with E-state index in [9.17, 15) is 4.79 Å². The Balaban J connectivity index is 2.62. The summed E-state index contributed by atoms with van der Waals surface area (Å²) in [5.41, 5.74) is 2.32. The van der Waals surface area contributed by atoms with E-state index in [2.05, 4.69) is 13.8 Å². The summed E-state index contributed by atoms with van der Waals surface area (Å²) in [6.45, 7) is 4.29. The third-order valence-electron chi connectivity index (χ3n) is 3.69. The summed E-state index contributed by atoms with van der Waals surface area (Å²) in [6, 6.07) is 6.00. The van der Waals surface area contributed by atoms with E-state index in [1.54, 1.807) is 7.11 Å². The highest BCUT2D eigenvalue weighted by molar-refractivity contribution is 5.85. The topological polar surface area (TPSA) is 26.3 Å². The van der Waals surface area contributed by atoms with Crippen molar-refractivity contribution in [2.24, 2.45) is 0 Å². The summed E-state index contributed by atoms with van der Waals surface area (Å²) in [5.74, 6) is 1.26. The second kappa shape index (κ2) is 3.93. The minimum absolute atomic E-state index is 0.0583. The summed E-state index contributed by atoms with van der Waals surface area (Å²) in [7, 11) is 1.70. The van der Waals surface area contributed by atoms with Gasteiger partial charge >= 0.3 is 0 Å². The Bertz CT molecular complexity index is 423. The van der Waals surface area contributed by atoms with Gasteiger partial charge in [-0.1, -0.05) is 26.0 Å². The molecule has 0 heterocycles. The summed E-state index contributed by atoms with van der Waals surface area (Å²) in [4.78, 5) is 11.8. The highest BCUT2D eigenvalue weighted by Gasteiger charge is 2.36. The number of hydrogen-bond acceptors (Lipinski definition) is 2. The van der Waals surface area contributed by atoms with Crippen LogP contribution in [0.1, 0.15) is 37.8 Å². The van der Waals surface area contributed by atoms with Crippen molar-refractivity contribution >= 4 is 5.78 Å². The first kappa shape index (κ1) is 11.2. The second-order valence-corrected chi connectivity index (χ2v) is 4.80.